The van der Waals surface area contributed by atoms with E-state index < -0.39 is 0 Å². The zero-order valence-corrected chi connectivity index (χ0v) is 5.88. The van der Waals surface area contributed by atoms with E-state index in [9.17, 15) is 5.11 Å². The molecule has 0 spiro atoms. The molecule has 2 nitrogen and oxygen atoms in total. The molecule has 0 radical (unpaired) electrons. The SMILES string of the molecule is C.C[C@@H]1CC[C@@H](N)C[C@H]1O. The van der Waals surface area contributed by atoms with E-state index in [0.29, 0.717) is 5.92 Å². The molecule has 1 aliphatic rings. The van der Waals surface area contributed by atoms with E-state index in [4.69, 9.17) is 5.73 Å². The Morgan fingerprint density at radius 2 is 2.00 bits per heavy atom. The number of aliphatic hydroxyl groups is 1. The fourth-order valence-corrected chi connectivity index (χ4v) is 1.33. The van der Waals surface area contributed by atoms with E-state index in [2.05, 4.69) is 6.92 Å². The van der Waals surface area contributed by atoms with Crippen molar-refractivity contribution in [2.75, 3.05) is 0 Å². The molecule has 0 bridgehead atoms. The molecule has 0 saturated heterocycles. The maximum absolute atomic E-state index is 9.27. The van der Waals surface area contributed by atoms with Crippen LogP contribution in [-0.4, -0.2) is 17.3 Å². The molecule has 1 aliphatic carbocycles. The minimum atomic E-state index is -0.145. The van der Waals surface area contributed by atoms with E-state index in [1.54, 1.807) is 0 Å². The van der Waals surface area contributed by atoms with Crippen LogP contribution in [0, 0.1) is 5.92 Å². The first kappa shape index (κ1) is 9.92. The molecule has 0 amide bonds. The number of hydrogen-bond donors (Lipinski definition) is 2. The highest BCUT2D eigenvalue weighted by Crippen LogP contribution is 2.22. The van der Waals surface area contributed by atoms with Crippen LogP contribution in [0.4, 0.5) is 0 Å². The Labute approximate surface area is 63.4 Å². The third-order valence-electron chi connectivity index (χ3n) is 2.19. The maximum atomic E-state index is 9.27. The fourth-order valence-electron chi connectivity index (χ4n) is 1.33. The molecule has 62 valence electrons. The lowest BCUT2D eigenvalue weighted by Crippen LogP contribution is -2.35. The van der Waals surface area contributed by atoms with E-state index in [1.807, 2.05) is 0 Å². The Kier molecular flexibility index (Phi) is 3.91. The van der Waals surface area contributed by atoms with Gasteiger partial charge in [-0.3, -0.25) is 0 Å². The van der Waals surface area contributed by atoms with Gasteiger partial charge in [-0.05, 0) is 25.2 Å². The first-order valence-electron chi connectivity index (χ1n) is 3.64. The summed E-state index contributed by atoms with van der Waals surface area (Å²) < 4.78 is 0. The summed E-state index contributed by atoms with van der Waals surface area (Å²) in [6.45, 7) is 2.08. The molecule has 1 rings (SSSR count). The molecule has 0 aromatic carbocycles. The zero-order chi connectivity index (χ0) is 6.85. The molecule has 1 saturated carbocycles. The van der Waals surface area contributed by atoms with Crippen molar-refractivity contribution in [3.8, 4) is 0 Å². The lowest BCUT2D eigenvalue weighted by atomic mass is 9.85. The monoisotopic (exact) mass is 145 g/mol. The Hall–Kier alpha value is -0.0800. The molecule has 3 N–H and O–H groups in total. The summed E-state index contributed by atoms with van der Waals surface area (Å²) in [5.74, 6) is 0.463. The van der Waals surface area contributed by atoms with Gasteiger partial charge in [0.15, 0.2) is 0 Å². The number of aliphatic hydroxyl groups excluding tert-OH is 1. The number of nitrogens with two attached hydrogens (primary N) is 1. The Bertz CT molecular complexity index is 95.3. The molecule has 0 aliphatic heterocycles. The third-order valence-corrected chi connectivity index (χ3v) is 2.19. The van der Waals surface area contributed by atoms with Crippen LogP contribution in [0.5, 0.6) is 0 Å². The smallest absolute Gasteiger partial charge is 0.0580 e. The van der Waals surface area contributed by atoms with Gasteiger partial charge in [-0.25, -0.2) is 0 Å². The van der Waals surface area contributed by atoms with Crippen molar-refractivity contribution in [1.29, 1.82) is 0 Å². The van der Waals surface area contributed by atoms with Gasteiger partial charge < -0.3 is 10.8 Å². The van der Waals surface area contributed by atoms with Crippen LogP contribution < -0.4 is 5.73 Å². The minimum Gasteiger partial charge on any atom is -0.393 e. The third kappa shape index (κ3) is 2.27. The van der Waals surface area contributed by atoms with Gasteiger partial charge in [0, 0.05) is 6.04 Å². The molecule has 0 unspecified atom stereocenters. The number of rotatable bonds is 0. The second kappa shape index (κ2) is 3.94. The molecule has 0 aromatic heterocycles. The van der Waals surface area contributed by atoms with Gasteiger partial charge in [0.05, 0.1) is 6.10 Å². The van der Waals surface area contributed by atoms with E-state index in [0.717, 1.165) is 19.3 Å². The van der Waals surface area contributed by atoms with Gasteiger partial charge in [0.2, 0.25) is 0 Å². The molecule has 1 fully saturated rings. The minimum absolute atomic E-state index is 0. The molecular weight excluding hydrogens is 126 g/mol. The van der Waals surface area contributed by atoms with Crippen molar-refractivity contribution in [3.05, 3.63) is 0 Å². The highest BCUT2D eigenvalue weighted by molar-refractivity contribution is 4.78. The van der Waals surface area contributed by atoms with Crippen LogP contribution in [0.1, 0.15) is 33.6 Å². The lowest BCUT2D eigenvalue weighted by Gasteiger charge is -2.28. The van der Waals surface area contributed by atoms with Crippen molar-refractivity contribution >= 4 is 0 Å². The largest absolute Gasteiger partial charge is 0.393 e. The van der Waals surface area contributed by atoms with Crippen molar-refractivity contribution < 1.29 is 5.11 Å². The summed E-state index contributed by atoms with van der Waals surface area (Å²) >= 11 is 0. The van der Waals surface area contributed by atoms with Crippen molar-refractivity contribution in [2.45, 2.75) is 45.8 Å². The van der Waals surface area contributed by atoms with Gasteiger partial charge in [0.1, 0.15) is 0 Å². The Morgan fingerprint density at radius 1 is 1.40 bits per heavy atom. The Balaban J connectivity index is 0.000000810. The van der Waals surface area contributed by atoms with Gasteiger partial charge in [0.25, 0.3) is 0 Å². The van der Waals surface area contributed by atoms with Crippen LogP contribution in [0.3, 0.4) is 0 Å². The van der Waals surface area contributed by atoms with Crippen LogP contribution in [0.15, 0.2) is 0 Å². The maximum Gasteiger partial charge on any atom is 0.0580 e. The highest BCUT2D eigenvalue weighted by atomic mass is 16.3. The van der Waals surface area contributed by atoms with Gasteiger partial charge in [-0.15, -0.1) is 0 Å². The van der Waals surface area contributed by atoms with Crippen LogP contribution in [0.2, 0.25) is 0 Å². The quantitative estimate of drug-likeness (QED) is 0.536. The topological polar surface area (TPSA) is 46.2 Å². The first-order valence-corrected chi connectivity index (χ1v) is 3.64. The van der Waals surface area contributed by atoms with E-state index >= 15 is 0 Å². The molecule has 10 heavy (non-hydrogen) atoms. The highest BCUT2D eigenvalue weighted by Gasteiger charge is 2.22. The van der Waals surface area contributed by atoms with E-state index in [-0.39, 0.29) is 19.6 Å². The van der Waals surface area contributed by atoms with E-state index in [1.165, 1.54) is 0 Å². The summed E-state index contributed by atoms with van der Waals surface area (Å²) in [7, 11) is 0. The number of hydrogen-bond acceptors (Lipinski definition) is 2. The predicted octanol–water partition coefficient (Wildman–Crippen LogP) is 1.13. The van der Waals surface area contributed by atoms with Crippen molar-refractivity contribution in [2.24, 2.45) is 11.7 Å². The standard InChI is InChI=1S/C7H15NO.CH4/c1-5-2-3-6(8)4-7(5)9;/h5-7,9H,2-4,8H2,1H3;1H4/t5-,6-,7-;/m1./s1. The molecule has 3 atom stereocenters. The Morgan fingerprint density at radius 3 is 2.40 bits per heavy atom. The van der Waals surface area contributed by atoms with Crippen LogP contribution in [0.25, 0.3) is 0 Å². The summed E-state index contributed by atoms with van der Waals surface area (Å²) in [6, 6.07) is 0.246. The van der Waals surface area contributed by atoms with Gasteiger partial charge >= 0.3 is 0 Å². The second-order valence-electron chi connectivity index (χ2n) is 3.12. The zero-order valence-electron chi connectivity index (χ0n) is 5.88. The first-order chi connectivity index (χ1) is 4.20. The summed E-state index contributed by atoms with van der Waals surface area (Å²) in [4.78, 5) is 0. The van der Waals surface area contributed by atoms with Crippen LogP contribution >= 0.6 is 0 Å². The summed E-state index contributed by atoms with van der Waals surface area (Å²) in [6.07, 6.45) is 2.82. The van der Waals surface area contributed by atoms with Crippen molar-refractivity contribution in [3.63, 3.8) is 0 Å². The predicted molar refractivity (Wildman–Crippen MR) is 43.7 cm³/mol. The van der Waals surface area contributed by atoms with Gasteiger partial charge in [-0.1, -0.05) is 14.4 Å². The summed E-state index contributed by atoms with van der Waals surface area (Å²) in [5, 5.41) is 9.27. The van der Waals surface area contributed by atoms with Gasteiger partial charge in [-0.2, -0.15) is 0 Å². The van der Waals surface area contributed by atoms with Crippen molar-refractivity contribution in [1.82, 2.24) is 0 Å². The average Bonchev–Trinajstić information content (AvgIpc) is 1.80. The lowest BCUT2D eigenvalue weighted by molar-refractivity contribution is 0.0708. The second-order valence-corrected chi connectivity index (χ2v) is 3.12. The summed E-state index contributed by atoms with van der Waals surface area (Å²) in [5.41, 5.74) is 5.63. The molecule has 0 aromatic rings. The fraction of sp³-hybridized carbons (Fsp3) is 1.00. The average molecular weight is 145 g/mol. The molecule has 0 heterocycles. The van der Waals surface area contributed by atoms with Crippen LogP contribution in [-0.2, 0) is 0 Å². The normalized spacial score (nSPS) is 40.5. The molecule has 2 heteroatoms. The molecular formula is C8H19NO.